The van der Waals surface area contributed by atoms with Gasteiger partial charge in [0.2, 0.25) is 10.0 Å². The quantitative estimate of drug-likeness (QED) is 0.849. The largest absolute Gasteiger partial charge is 0.476 e. The highest BCUT2D eigenvalue weighted by atomic mass is 32.2. The van der Waals surface area contributed by atoms with Crippen molar-refractivity contribution in [2.75, 3.05) is 16.6 Å². The Kier molecular flexibility index (Phi) is 5.61. The second-order valence-corrected chi connectivity index (χ2v) is 10.8. The molecule has 1 amide bonds. The Hall–Kier alpha value is -1.76. The summed E-state index contributed by atoms with van der Waals surface area (Å²) in [6.45, 7) is 11.8. The Morgan fingerprint density at radius 1 is 1.23 bits per heavy atom. The SMILES string of the molecule is CCS(=O)(=O)N1CC(C(=O)NC(C)(C)CC(C)(C)C)Oc2ccccc21. The number of fused-ring (bicyclic) bond motifs is 1. The first-order chi connectivity index (χ1) is 11.8. The van der Waals surface area contributed by atoms with Gasteiger partial charge in [-0.05, 0) is 44.7 Å². The van der Waals surface area contributed by atoms with Crippen LogP contribution in [0, 0.1) is 5.41 Å². The Morgan fingerprint density at radius 2 is 1.85 bits per heavy atom. The third-order valence-corrected chi connectivity index (χ3v) is 5.91. The summed E-state index contributed by atoms with van der Waals surface area (Å²) < 4.78 is 32.1. The lowest BCUT2D eigenvalue weighted by atomic mass is 9.81. The first-order valence-corrected chi connectivity index (χ1v) is 10.5. The van der Waals surface area contributed by atoms with Crippen LogP contribution in [0.15, 0.2) is 24.3 Å². The van der Waals surface area contributed by atoms with Crippen molar-refractivity contribution in [3.05, 3.63) is 24.3 Å². The Balaban J connectivity index is 2.25. The van der Waals surface area contributed by atoms with Gasteiger partial charge < -0.3 is 10.1 Å². The third-order valence-electron chi connectivity index (χ3n) is 4.16. The lowest BCUT2D eigenvalue weighted by Gasteiger charge is -2.38. The zero-order chi connectivity index (χ0) is 19.8. The van der Waals surface area contributed by atoms with Crippen LogP contribution in [0.4, 0.5) is 5.69 Å². The van der Waals surface area contributed by atoms with Gasteiger partial charge in [-0.15, -0.1) is 0 Å². The summed E-state index contributed by atoms with van der Waals surface area (Å²) in [6.07, 6.45) is -0.100. The average molecular weight is 383 g/mol. The number of nitrogens with zero attached hydrogens (tertiary/aromatic N) is 1. The smallest absolute Gasteiger partial charge is 0.263 e. The molecule has 26 heavy (non-hydrogen) atoms. The van der Waals surface area contributed by atoms with Gasteiger partial charge in [0.05, 0.1) is 18.0 Å². The molecule has 1 heterocycles. The molecule has 6 nitrogen and oxygen atoms in total. The van der Waals surface area contributed by atoms with Gasteiger partial charge in [-0.3, -0.25) is 9.10 Å². The van der Waals surface area contributed by atoms with Crippen LogP contribution in [-0.2, 0) is 14.8 Å². The molecular weight excluding hydrogens is 352 g/mol. The number of benzene rings is 1. The van der Waals surface area contributed by atoms with E-state index in [0.717, 1.165) is 6.42 Å². The zero-order valence-electron chi connectivity index (χ0n) is 16.5. The number of nitrogens with one attached hydrogen (secondary N) is 1. The highest BCUT2D eigenvalue weighted by Crippen LogP contribution is 2.35. The van der Waals surface area contributed by atoms with Gasteiger partial charge in [0.1, 0.15) is 5.75 Å². The monoisotopic (exact) mass is 382 g/mol. The highest BCUT2D eigenvalue weighted by molar-refractivity contribution is 7.92. The van der Waals surface area contributed by atoms with E-state index >= 15 is 0 Å². The van der Waals surface area contributed by atoms with E-state index in [1.165, 1.54) is 4.31 Å². The molecule has 1 N–H and O–H groups in total. The molecule has 7 heteroatoms. The van der Waals surface area contributed by atoms with Crippen LogP contribution in [0.3, 0.4) is 0 Å². The lowest BCUT2D eigenvalue weighted by molar-refractivity contribution is -0.129. The van der Waals surface area contributed by atoms with Gasteiger partial charge in [-0.2, -0.15) is 0 Å². The van der Waals surface area contributed by atoms with Crippen molar-refractivity contribution in [3.8, 4) is 5.75 Å². The number of carbonyl (C=O) groups is 1. The van der Waals surface area contributed by atoms with Crippen molar-refractivity contribution in [1.82, 2.24) is 5.32 Å². The normalized spacial score (nSPS) is 18.1. The van der Waals surface area contributed by atoms with E-state index in [1.54, 1.807) is 31.2 Å². The molecule has 0 radical (unpaired) electrons. The summed E-state index contributed by atoms with van der Waals surface area (Å²) in [5.41, 5.74) is 0.103. The van der Waals surface area contributed by atoms with E-state index in [9.17, 15) is 13.2 Å². The van der Waals surface area contributed by atoms with E-state index < -0.39 is 21.7 Å². The number of sulfonamides is 1. The lowest BCUT2D eigenvalue weighted by Crippen LogP contribution is -2.55. The predicted molar refractivity (Wildman–Crippen MR) is 104 cm³/mol. The van der Waals surface area contributed by atoms with E-state index in [1.807, 2.05) is 13.8 Å². The second-order valence-electron chi connectivity index (χ2n) is 8.62. The molecule has 0 fully saturated rings. The molecule has 1 atom stereocenters. The molecule has 0 spiro atoms. The maximum absolute atomic E-state index is 12.8. The van der Waals surface area contributed by atoms with Crippen LogP contribution in [0.5, 0.6) is 5.75 Å². The topological polar surface area (TPSA) is 75.7 Å². The van der Waals surface area contributed by atoms with Gasteiger partial charge in [0, 0.05) is 5.54 Å². The fourth-order valence-corrected chi connectivity index (χ4v) is 4.67. The van der Waals surface area contributed by atoms with Crippen LogP contribution in [0.1, 0.15) is 48.0 Å². The molecule has 1 aliphatic heterocycles. The zero-order valence-corrected chi connectivity index (χ0v) is 17.3. The molecule has 146 valence electrons. The summed E-state index contributed by atoms with van der Waals surface area (Å²) in [4.78, 5) is 12.8. The van der Waals surface area contributed by atoms with Crippen molar-refractivity contribution >= 4 is 21.6 Å². The van der Waals surface area contributed by atoms with Crippen LogP contribution in [-0.4, -0.2) is 38.3 Å². The van der Waals surface area contributed by atoms with E-state index in [0.29, 0.717) is 11.4 Å². The molecule has 1 aromatic carbocycles. The number of hydrogen-bond acceptors (Lipinski definition) is 4. The minimum Gasteiger partial charge on any atom is -0.476 e. The van der Waals surface area contributed by atoms with Crippen molar-refractivity contribution in [2.45, 2.75) is 59.6 Å². The maximum atomic E-state index is 12.8. The van der Waals surface area contributed by atoms with Crippen LogP contribution >= 0.6 is 0 Å². The number of ether oxygens (including phenoxy) is 1. The van der Waals surface area contributed by atoms with Crippen molar-refractivity contribution in [3.63, 3.8) is 0 Å². The summed E-state index contributed by atoms with van der Waals surface area (Å²) in [7, 11) is -3.50. The molecule has 0 aliphatic carbocycles. The van der Waals surface area contributed by atoms with Gasteiger partial charge in [-0.1, -0.05) is 32.9 Å². The number of hydrogen-bond donors (Lipinski definition) is 1. The number of anilines is 1. The standard InChI is InChI=1S/C19H30N2O4S/c1-7-26(23,24)21-12-16(25-15-11-9-8-10-14(15)21)17(22)20-19(5,6)13-18(2,3)4/h8-11,16H,7,12-13H2,1-6H3,(H,20,22). The second kappa shape index (κ2) is 7.10. The number of para-hydroxylation sites is 2. The molecule has 2 rings (SSSR count). The molecule has 1 unspecified atom stereocenters. The summed E-state index contributed by atoms with van der Waals surface area (Å²) in [5.74, 6) is 0.0696. The van der Waals surface area contributed by atoms with Gasteiger partial charge in [0.15, 0.2) is 6.10 Å². The molecular formula is C19H30N2O4S. The summed E-state index contributed by atoms with van der Waals surface area (Å²) >= 11 is 0. The van der Waals surface area contributed by atoms with Crippen LogP contribution in [0.2, 0.25) is 0 Å². The maximum Gasteiger partial charge on any atom is 0.263 e. The number of rotatable bonds is 5. The first kappa shape index (κ1) is 20.6. The van der Waals surface area contributed by atoms with Crippen LogP contribution < -0.4 is 14.4 Å². The van der Waals surface area contributed by atoms with E-state index in [2.05, 4.69) is 26.1 Å². The predicted octanol–water partition coefficient (Wildman–Crippen LogP) is 2.93. The van der Waals surface area contributed by atoms with Crippen molar-refractivity contribution in [2.24, 2.45) is 5.41 Å². The minimum absolute atomic E-state index is 0.0232. The molecule has 0 saturated heterocycles. The summed E-state index contributed by atoms with van der Waals surface area (Å²) in [5, 5.41) is 3.02. The van der Waals surface area contributed by atoms with E-state index in [-0.39, 0.29) is 23.6 Å². The highest BCUT2D eigenvalue weighted by Gasteiger charge is 2.38. The average Bonchev–Trinajstić information content (AvgIpc) is 2.50. The van der Waals surface area contributed by atoms with E-state index in [4.69, 9.17) is 4.74 Å². The van der Waals surface area contributed by atoms with Gasteiger partial charge in [-0.25, -0.2) is 8.42 Å². The van der Waals surface area contributed by atoms with Gasteiger partial charge in [0.25, 0.3) is 5.91 Å². The fourth-order valence-electron chi connectivity index (χ4n) is 3.54. The Morgan fingerprint density at radius 3 is 2.42 bits per heavy atom. The molecule has 1 aromatic rings. The summed E-state index contributed by atoms with van der Waals surface area (Å²) in [6, 6.07) is 6.90. The van der Waals surface area contributed by atoms with Gasteiger partial charge >= 0.3 is 0 Å². The van der Waals surface area contributed by atoms with Crippen LogP contribution in [0.25, 0.3) is 0 Å². The molecule has 0 bridgehead atoms. The molecule has 0 aromatic heterocycles. The van der Waals surface area contributed by atoms with Crippen molar-refractivity contribution in [1.29, 1.82) is 0 Å². The first-order valence-electron chi connectivity index (χ1n) is 8.93. The number of carbonyl (C=O) groups excluding carboxylic acids is 1. The molecule has 0 saturated carbocycles. The Labute approximate surface area is 157 Å². The number of amides is 1. The fraction of sp³-hybridized carbons (Fsp3) is 0.632. The Bertz CT molecular complexity index is 766. The molecule has 1 aliphatic rings. The third kappa shape index (κ3) is 4.90. The minimum atomic E-state index is -3.50. The van der Waals surface area contributed by atoms with Crippen molar-refractivity contribution < 1.29 is 17.9 Å².